The third kappa shape index (κ3) is 9.00. The van der Waals surface area contributed by atoms with E-state index in [2.05, 4.69) is 32.3 Å². The van der Waals surface area contributed by atoms with Gasteiger partial charge in [-0.3, -0.25) is 9.59 Å². The fourth-order valence-electron chi connectivity index (χ4n) is 3.19. The van der Waals surface area contributed by atoms with Crippen molar-refractivity contribution in [1.82, 2.24) is 15.3 Å². The minimum absolute atomic E-state index is 0.0212. The second-order valence-corrected chi connectivity index (χ2v) is 7.76. The van der Waals surface area contributed by atoms with Crippen LogP contribution in [-0.4, -0.2) is 54.6 Å². The number of aliphatic carboxylic acids is 1. The standard InChI is InChI=1S/C24H26FN7O3.C2H4O2/c1-15(26)16-7-9-18(10-8-16)29-22(17-12-20(34-3)30-21(13-17)35-4)23(28-14-33)31-32(2)24-19(25)6-5-11-27-24;1-2(3)4/h5-14,22,29H,1,26H2,2-4H3,(H,28,31,33);1H3,(H,3,4). The fourth-order valence-corrected chi connectivity index (χ4v) is 3.19. The van der Waals surface area contributed by atoms with Crippen LogP contribution in [0.5, 0.6) is 11.8 Å². The first-order chi connectivity index (χ1) is 18.6. The lowest BCUT2D eigenvalue weighted by molar-refractivity contribution is -0.134. The predicted molar refractivity (Wildman–Crippen MR) is 146 cm³/mol. The highest BCUT2D eigenvalue weighted by molar-refractivity contribution is 5.97. The summed E-state index contributed by atoms with van der Waals surface area (Å²) in [7, 11) is 4.47. The topological polar surface area (TPSA) is 164 Å². The summed E-state index contributed by atoms with van der Waals surface area (Å²) in [6.07, 6.45) is 1.92. The molecule has 0 radical (unpaired) electrons. The van der Waals surface area contributed by atoms with Crippen LogP contribution in [0.1, 0.15) is 24.1 Å². The number of anilines is 2. The molecule has 3 rings (SSSR count). The molecule has 5 N–H and O–H groups in total. The molecule has 206 valence electrons. The van der Waals surface area contributed by atoms with Gasteiger partial charge in [-0.25, -0.2) is 14.4 Å². The van der Waals surface area contributed by atoms with E-state index in [1.165, 1.54) is 44.6 Å². The number of nitrogens with zero attached hydrogens (tertiary/aromatic N) is 4. The van der Waals surface area contributed by atoms with Crippen molar-refractivity contribution in [3.8, 4) is 11.8 Å². The summed E-state index contributed by atoms with van der Waals surface area (Å²) < 4.78 is 24.9. The number of halogens is 1. The minimum atomic E-state index is -0.833. The quantitative estimate of drug-likeness (QED) is 0.130. The van der Waals surface area contributed by atoms with E-state index in [4.69, 9.17) is 25.1 Å². The van der Waals surface area contributed by atoms with E-state index in [-0.39, 0.29) is 23.4 Å². The van der Waals surface area contributed by atoms with Gasteiger partial charge in [0.15, 0.2) is 17.5 Å². The summed E-state index contributed by atoms with van der Waals surface area (Å²) in [4.78, 5) is 28.8. The van der Waals surface area contributed by atoms with Gasteiger partial charge in [0.25, 0.3) is 5.97 Å². The normalized spacial score (nSPS) is 11.3. The largest absolute Gasteiger partial charge is 0.481 e. The summed E-state index contributed by atoms with van der Waals surface area (Å²) in [6, 6.07) is 12.5. The molecular weight excluding hydrogens is 509 g/mol. The molecule has 2 heterocycles. The molecule has 0 aliphatic rings. The fraction of sp³-hybridized carbons (Fsp3) is 0.192. The summed E-state index contributed by atoms with van der Waals surface area (Å²) in [5.74, 6) is -0.702. The number of hydrazone groups is 1. The van der Waals surface area contributed by atoms with Crippen molar-refractivity contribution in [2.24, 2.45) is 10.8 Å². The zero-order chi connectivity index (χ0) is 28.9. The number of nitrogens with two attached hydrogens (primary N) is 1. The molecule has 12 nitrogen and oxygen atoms in total. The highest BCUT2D eigenvalue weighted by atomic mass is 19.1. The van der Waals surface area contributed by atoms with E-state index in [1.807, 2.05) is 0 Å². The third-order valence-corrected chi connectivity index (χ3v) is 4.90. The van der Waals surface area contributed by atoms with Crippen molar-refractivity contribution >= 4 is 35.4 Å². The van der Waals surface area contributed by atoms with Gasteiger partial charge in [0.2, 0.25) is 18.2 Å². The number of benzene rings is 1. The van der Waals surface area contributed by atoms with Crippen LogP contribution in [0.3, 0.4) is 0 Å². The van der Waals surface area contributed by atoms with Crippen LogP contribution in [0.15, 0.2) is 66.4 Å². The molecule has 0 fully saturated rings. The van der Waals surface area contributed by atoms with Crippen LogP contribution in [0.4, 0.5) is 15.9 Å². The molecule has 3 aromatic rings. The number of carbonyl (C=O) groups excluding carboxylic acids is 1. The van der Waals surface area contributed by atoms with Gasteiger partial charge in [0.1, 0.15) is 6.04 Å². The molecule has 1 aromatic carbocycles. The smallest absolute Gasteiger partial charge is 0.300 e. The van der Waals surface area contributed by atoms with E-state index in [0.29, 0.717) is 23.4 Å². The number of amides is 1. The molecule has 1 atom stereocenters. The average molecular weight is 540 g/mol. The Morgan fingerprint density at radius 3 is 2.28 bits per heavy atom. The molecule has 0 aliphatic carbocycles. The number of hydrogen-bond donors (Lipinski definition) is 4. The zero-order valence-electron chi connectivity index (χ0n) is 21.9. The van der Waals surface area contributed by atoms with Crippen LogP contribution in [-0.2, 0) is 9.59 Å². The van der Waals surface area contributed by atoms with Crippen molar-refractivity contribution in [2.45, 2.75) is 13.0 Å². The number of carbonyl (C=O) groups is 2. The summed E-state index contributed by atoms with van der Waals surface area (Å²) in [6.45, 7) is 4.82. The molecule has 0 saturated heterocycles. The SMILES string of the molecule is C=C(N)c1ccc(NC(/C(=N/N(C)c2ncccc2F)NC=O)c2cc(OC)nc(OC)c2)cc1.CC(=O)O. The van der Waals surface area contributed by atoms with Crippen molar-refractivity contribution < 1.29 is 28.6 Å². The van der Waals surface area contributed by atoms with E-state index >= 15 is 0 Å². The first-order valence-electron chi connectivity index (χ1n) is 11.3. The monoisotopic (exact) mass is 539 g/mol. The number of amidine groups is 1. The third-order valence-electron chi connectivity index (χ3n) is 4.90. The van der Waals surface area contributed by atoms with Crippen LogP contribution in [0, 0.1) is 5.82 Å². The Labute approximate surface area is 225 Å². The van der Waals surface area contributed by atoms with Crippen molar-refractivity contribution in [3.63, 3.8) is 0 Å². The number of aromatic nitrogens is 2. The first kappa shape index (κ1) is 30.0. The van der Waals surface area contributed by atoms with Gasteiger partial charge in [-0.2, -0.15) is 10.1 Å². The lowest BCUT2D eigenvalue weighted by atomic mass is 10.1. The number of carboxylic acids is 1. The van der Waals surface area contributed by atoms with Crippen LogP contribution < -0.4 is 30.8 Å². The molecule has 0 spiro atoms. The number of pyridine rings is 2. The molecule has 1 amide bonds. The number of ether oxygens (including phenoxy) is 2. The van der Waals surface area contributed by atoms with Crippen molar-refractivity contribution in [2.75, 3.05) is 31.6 Å². The van der Waals surface area contributed by atoms with E-state index < -0.39 is 17.8 Å². The maximum atomic E-state index is 14.3. The number of nitrogens with one attached hydrogen (secondary N) is 2. The Bertz CT molecular complexity index is 1290. The van der Waals surface area contributed by atoms with Crippen LogP contribution >= 0.6 is 0 Å². The highest BCUT2D eigenvalue weighted by Gasteiger charge is 2.23. The maximum Gasteiger partial charge on any atom is 0.300 e. The molecule has 39 heavy (non-hydrogen) atoms. The van der Waals surface area contributed by atoms with Gasteiger partial charge in [0.05, 0.1) is 14.2 Å². The Hall–Kier alpha value is -5.20. The molecule has 2 aromatic heterocycles. The minimum Gasteiger partial charge on any atom is -0.481 e. The van der Waals surface area contributed by atoms with Gasteiger partial charge in [-0.1, -0.05) is 18.7 Å². The lowest BCUT2D eigenvalue weighted by Gasteiger charge is -2.24. The second kappa shape index (κ2) is 14.5. The van der Waals surface area contributed by atoms with E-state index in [0.717, 1.165) is 12.5 Å². The van der Waals surface area contributed by atoms with Gasteiger partial charge < -0.3 is 30.9 Å². The Kier molecular flexibility index (Phi) is 11.2. The van der Waals surface area contributed by atoms with Gasteiger partial charge in [-0.15, -0.1) is 0 Å². The van der Waals surface area contributed by atoms with Gasteiger partial charge >= 0.3 is 0 Å². The molecular formula is C26H30FN7O5. The van der Waals surface area contributed by atoms with Crippen LogP contribution in [0.2, 0.25) is 0 Å². The average Bonchev–Trinajstić information content (AvgIpc) is 2.91. The molecule has 0 saturated carbocycles. The van der Waals surface area contributed by atoms with Crippen molar-refractivity contribution in [3.05, 3.63) is 78.3 Å². The maximum absolute atomic E-state index is 14.3. The van der Waals surface area contributed by atoms with Gasteiger partial charge in [-0.05, 0) is 35.4 Å². The van der Waals surface area contributed by atoms with Crippen LogP contribution in [0.25, 0.3) is 5.70 Å². The Morgan fingerprint density at radius 1 is 1.21 bits per heavy atom. The molecule has 1 unspecified atom stereocenters. The lowest BCUT2D eigenvalue weighted by Crippen LogP contribution is -2.35. The molecule has 0 bridgehead atoms. The van der Waals surface area contributed by atoms with E-state index in [1.54, 1.807) is 36.4 Å². The highest BCUT2D eigenvalue weighted by Crippen LogP contribution is 2.28. The number of carboxylic acid groups (broad SMARTS) is 1. The van der Waals surface area contributed by atoms with Gasteiger partial charge in [0, 0.05) is 43.7 Å². The van der Waals surface area contributed by atoms with Crippen molar-refractivity contribution in [1.29, 1.82) is 0 Å². The molecule has 13 heteroatoms. The second-order valence-electron chi connectivity index (χ2n) is 7.76. The summed E-state index contributed by atoms with van der Waals surface area (Å²) in [5.41, 5.74) is 8.25. The number of methoxy groups -OCH3 is 2. The zero-order valence-corrected chi connectivity index (χ0v) is 21.9. The van der Waals surface area contributed by atoms with E-state index in [9.17, 15) is 9.18 Å². The number of rotatable bonds is 10. The predicted octanol–water partition coefficient (Wildman–Crippen LogP) is 3.00. The number of hydrogen-bond acceptors (Lipinski definition) is 10. The molecule has 0 aliphatic heterocycles. The summed E-state index contributed by atoms with van der Waals surface area (Å²) >= 11 is 0. The Balaban J connectivity index is 0.00000124. The summed E-state index contributed by atoms with van der Waals surface area (Å²) in [5, 5.41) is 19.0. The first-order valence-corrected chi connectivity index (χ1v) is 11.3. The Morgan fingerprint density at radius 2 is 1.79 bits per heavy atom.